The van der Waals surface area contributed by atoms with Crippen molar-refractivity contribution >= 4 is 11.8 Å². The molecule has 0 bridgehead atoms. The van der Waals surface area contributed by atoms with E-state index >= 15 is 0 Å². The summed E-state index contributed by atoms with van der Waals surface area (Å²) >= 11 is 0. The van der Waals surface area contributed by atoms with E-state index in [0.29, 0.717) is 5.56 Å². The highest BCUT2D eigenvalue weighted by atomic mass is 16.2. The maximum atomic E-state index is 12.0. The molecule has 20 heavy (non-hydrogen) atoms. The van der Waals surface area contributed by atoms with Crippen molar-refractivity contribution < 1.29 is 9.59 Å². The summed E-state index contributed by atoms with van der Waals surface area (Å²) in [5.74, 6) is -0.407. The zero-order valence-electron chi connectivity index (χ0n) is 12.0. The number of aryl methyl sites for hydroxylation is 2. The van der Waals surface area contributed by atoms with Crippen molar-refractivity contribution in [3.05, 3.63) is 34.9 Å². The van der Waals surface area contributed by atoms with E-state index in [1.54, 1.807) is 6.07 Å². The first-order valence-electron chi connectivity index (χ1n) is 6.96. The topological polar surface area (TPSA) is 70.2 Å². The lowest BCUT2D eigenvalue weighted by Crippen LogP contribution is -2.46. The highest BCUT2D eigenvalue weighted by Gasteiger charge is 2.21. The fraction of sp³-hybridized carbons (Fsp3) is 0.467. The second kappa shape index (κ2) is 6.52. The molecule has 0 spiro atoms. The third kappa shape index (κ3) is 3.57. The van der Waals surface area contributed by atoms with Gasteiger partial charge in [-0.05, 0) is 63.0 Å². The Balaban J connectivity index is 1.88. The number of carbonyl (C=O) groups excluding carboxylic acids is 2. The zero-order chi connectivity index (χ0) is 14.5. The van der Waals surface area contributed by atoms with Crippen molar-refractivity contribution in [2.75, 3.05) is 13.1 Å². The summed E-state index contributed by atoms with van der Waals surface area (Å²) < 4.78 is 0. The van der Waals surface area contributed by atoms with Gasteiger partial charge in [0.15, 0.2) is 0 Å². The fourth-order valence-electron chi connectivity index (χ4n) is 2.26. The summed E-state index contributed by atoms with van der Waals surface area (Å²) in [6, 6.07) is 5.48. The van der Waals surface area contributed by atoms with Crippen LogP contribution in [0, 0.1) is 19.8 Å². The number of amides is 2. The number of hydrogen-bond acceptors (Lipinski definition) is 3. The molecule has 3 N–H and O–H groups in total. The minimum Gasteiger partial charge on any atom is -0.317 e. The van der Waals surface area contributed by atoms with E-state index in [1.165, 1.54) is 0 Å². The fourth-order valence-corrected chi connectivity index (χ4v) is 2.26. The maximum absolute atomic E-state index is 12.0. The van der Waals surface area contributed by atoms with Crippen molar-refractivity contribution in [3.63, 3.8) is 0 Å². The van der Waals surface area contributed by atoms with Gasteiger partial charge >= 0.3 is 0 Å². The summed E-state index contributed by atoms with van der Waals surface area (Å²) in [5, 5.41) is 3.20. The molecule has 0 saturated carbocycles. The van der Waals surface area contributed by atoms with Crippen LogP contribution in [-0.4, -0.2) is 24.9 Å². The highest BCUT2D eigenvalue weighted by Crippen LogP contribution is 2.11. The molecule has 1 aromatic rings. The van der Waals surface area contributed by atoms with Gasteiger partial charge in [0.2, 0.25) is 5.91 Å². The molecular formula is C15H21N3O2. The molecule has 108 valence electrons. The van der Waals surface area contributed by atoms with Crippen molar-refractivity contribution in [2.45, 2.75) is 26.7 Å². The summed E-state index contributed by atoms with van der Waals surface area (Å²) in [7, 11) is 0. The van der Waals surface area contributed by atoms with Gasteiger partial charge in [-0.3, -0.25) is 20.4 Å². The first-order valence-corrected chi connectivity index (χ1v) is 6.96. The first kappa shape index (κ1) is 14.5. The molecule has 2 amide bonds. The van der Waals surface area contributed by atoms with E-state index in [0.717, 1.165) is 37.1 Å². The van der Waals surface area contributed by atoms with Crippen molar-refractivity contribution in [1.29, 1.82) is 0 Å². The average Bonchev–Trinajstić information content (AvgIpc) is 2.48. The van der Waals surface area contributed by atoms with Gasteiger partial charge in [0.05, 0.1) is 0 Å². The molecule has 1 aliphatic heterocycles. The molecular weight excluding hydrogens is 254 g/mol. The highest BCUT2D eigenvalue weighted by molar-refractivity contribution is 5.95. The van der Waals surface area contributed by atoms with Gasteiger partial charge in [0.25, 0.3) is 5.91 Å². The summed E-state index contributed by atoms with van der Waals surface area (Å²) in [5.41, 5.74) is 7.75. The van der Waals surface area contributed by atoms with Crippen LogP contribution in [0.3, 0.4) is 0 Å². The molecule has 0 unspecified atom stereocenters. The van der Waals surface area contributed by atoms with Crippen molar-refractivity contribution in [1.82, 2.24) is 16.2 Å². The normalized spacial score (nSPS) is 15.7. The molecule has 1 fully saturated rings. The average molecular weight is 275 g/mol. The zero-order valence-corrected chi connectivity index (χ0v) is 12.0. The molecule has 1 heterocycles. The van der Waals surface area contributed by atoms with Crippen molar-refractivity contribution in [2.24, 2.45) is 5.92 Å². The Labute approximate surface area is 119 Å². The molecule has 1 aliphatic rings. The predicted octanol–water partition coefficient (Wildman–Crippen LogP) is 1.06. The lowest BCUT2D eigenvalue weighted by atomic mass is 9.98. The molecule has 5 nitrogen and oxygen atoms in total. The van der Waals surface area contributed by atoms with Gasteiger partial charge in [-0.2, -0.15) is 0 Å². The van der Waals surface area contributed by atoms with E-state index < -0.39 is 0 Å². The molecule has 1 saturated heterocycles. The lowest BCUT2D eigenvalue weighted by molar-refractivity contribution is -0.126. The van der Waals surface area contributed by atoms with Gasteiger partial charge in [-0.25, -0.2) is 0 Å². The van der Waals surface area contributed by atoms with Crippen LogP contribution < -0.4 is 16.2 Å². The Morgan fingerprint density at radius 2 is 1.80 bits per heavy atom. The SMILES string of the molecule is Cc1ccc(C(=O)NNC(=O)C2CCNCC2)cc1C. The molecule has 0 atom stereocenters. The van der Waals surface area contributed by atoms with Gasteiger partial charge < -0.3 is 5.32 Å². The van der Waals surface area contributed by atoms with Crippen LogP contribution in [0.4, 0.5) is 0 Å². The Bertz CT molecular complexity index is 508. The van der Waals surface area contributed by atoms with E-state index in [4.69, 9.17) is 0 Å². The Morgan fingerprint density at radius 3 is 2.45 bits per heavy atom. The van der Waals surface area contributed by atoms with Crippen LogP contribution in [0.25, 0.3) is 0 Å². The predicted molar refractivity (Wildman–Crippen MR) is 77.1 cm³/mol. The Hall–Kier alpha value is -1.88. The van der Waals surface area contributed by atoms with Crippen LogP contribution in [0.1, 0.15) is 34.3 Å². The molecule has 2 rings (SSSR count). The second-order valence-electron chi connectivity index (χ2n) is 5.27. The third-order valence-corrected chi connectivity index (χ3v) is 3.78. The monoisotopic (exact) mass is 275 g/mol. The van der Waals surface area contributed by atoms with Gasteiger partial charge in [0, 0.05) is 11.5 Å². The molecule has 1 aromatic carbocycles. The second-order valence-corrected chi connectivity index (χ2v) is 5.27. The first-order chi connectivity index (χ1) is 9.58. The van der Waals surface area contributed by atoms with Crippen LogP contribution in [0.15, 0.2) is 18.2 Å². The van der Waals surface area contributed by atoms with E-state index in [2.05, 4.69) is 16.2 Å². The maximum Gasteiger partial charge on any atom is 0.269 e. The quantitative estimate of drug-likeness (QED) is 0.707. The number of benzene rings is 1. The Kier molecular flexibility index (Phi) is 4.74. The van der Waals surface area contributed by atoms with E-state index in [9.17, 15) is 9.59 Å². The standard InChI is InChI=1S/C15H21N3O2/c1-10-3-4-13(9-11(10)2)15(20)18-17-14(19)12-5-7-16-8-6-12/h3-4,9,12,16H,5-8H2,1-2H3,(H,17,19)(H,18,20). The minimum absolute atomic E-state index is 0.0173. The minimum atomic E-state index is -0.282. The number of carbonyl (C=O) groups is 2. The number of nitrogens with one attached hydrogen (secondary N) is 3. The Morgan fingerprint density at radius 1 is 1.10 bits per heavy atom. The van der Waals surface area contributed by atoms with Gasteiger partial charge in [-0.15, -0.1) is 0 Å². The molecule has 0 aliphatic carbocycles. The molecule has 5 heteroatoms. The summed E-state index contributed by atoms with van der Waals surface area (Å²) in [4.78, 5) is 23.9. The van der Waals surface area contributed by atoms with Crippen LogP contribution in [0.5, 0.6) is 0 Å². The largest absolute Gasteiger partial charge is 0.317 e. The summed E-state index contributed by atoms with van der Waals surface area (Å²) in [6.45, 7) is 5.65. The van der Waals surface area contributed by atoms with Crippen molar-refractivity contribution in [3.8, 4) is 0 Å². The van der Waals surface area contributed by atoms with Gasteiger partial charge in [-0.1, -0.05) is 6.07 Å². The van der Waals surface area contributed by atoms with Crippen LogP contribution in [0.2, 0.25) is 0 Å². The lowest BCUT2D eigenvalue weighted by Gasteiger charge is -2.21. The van der Waals surface area contributed by atoms with E-state index in [1.807, 2.05) is 26.0 Å². The number of rotatable bonds is 2. The van der Waals surface area contributed by atoms with Crippen LogP contribution >= 0.6 is 0 Å². The number of piperidine rings is 1. The van der Waals surface area contributed by atoms with Gasteiger partial charge in [0.1, 0.15) is 0 Å². The molecule has 0 radical (unpaired) electrons. The number of hydrazine groups is 1. The molecule has 0 aromatic heterocycles. The summed E-state index contributed by atoms with van der Waals surface area (Å²) in [6.07, 6.45) is 1.62. The van der Waals surface area contributed by atoms with E-state index in [-0.39, 0.29) is 17.7 Å². The third-order valence-electron chi connectivity index (χ3n) is 3.78. The van der Waals surface area contributed by atoms with Crippen LogP contribution in [-0.2, 0) is 4.79 Å². The number of hydrogen-bond donors (Lipinski definition) is 3. The smallest absolute Gasteiger partial charge is 0.269 e.